The fourth-order valence-electron chi connectivity index (χ4n) is 1.03. The molecule has 1 unspecified atom stereocenters. The number of thiocarbonyl (C=S) groups is 1. The van der Waals surface area contributed by atoms with E-state index in [0.717, 1.165) is 12.1 Å². The van der Waals surface area contributed by atoms with Gasteiger partial charge in [0, 0.05) is 12.5 Å². The van der Waals surface area contributed by atoms with Crippen molar-refractivity contribution in [2.75, 3.05) is 6.54 Å². The number of nitrogens with one attached hydrogen (secondary N) is 1. The van der Waals surface area contributed by atoms with Crippen molar-refractivity contribution in [3.05, 3.63) is 30.1 Å². The highest BCUT2D eigenvalue weighted by molar-refractivity contribution is 7.89. The first kappa shape index (κ1) is 14.0. The van der Waals surface area contributed by atoms with Crippen LogP contribution < -0.4 is 10.5 Å². The second-order valence-electron chi connectivity index (χ2n) is 3.61. The predicted molar refractivity (Wildman–Crippen MR) is 67.5 cm³/mol. The SMILES string of the molecule is CC(CNS(=O)(=O)c1ccc(F)cc1)C(N)=S. The van der Waals surface area contributed by atoms with Crippen LogP contribution in [0.3, 0.4) is 0 Å². The molecule has 0 radical (unpaired) electrons. The highest BCUT2D eigenvalue weighted by Gasteiger charge is 2.15. The Kier molecular flexibility index (Phi) is 4.55. The van der Waals surface area contributed by atoms with Crippen LogP contribution in [-0.4, -0.2) is 20.0 Å². The molecule has 1 rings (SSSR count). The lowest BCUT2D eigenvalue weighted by atomic mass is 10.2. The van der Waals surface area contributed by atoms with Gasteiger partial charge < -0.3 is 5.73 Å². The van der Waals surface area contributed by atoms with Crippen molar-refractivity contribution in [3.8, 4) is 0 Å². The maximum Gasteiger partial charge on any atom is 0.240 e. The molecule has 0 heterocycles. The van der Waals surface area contributed by atoms with Crippen LogP contribution in [0.2, 0.25) is 0 Å². The van der Waals surface area contributed by atoms with Crippen molar-refractivity contribution in [1.29, 1.82) is 0 Å². The molecule has 1 atom stereocenters. The van der Waals surface area contributed by atoms with E-state index >= 15 is 0 Å². The van der Waals surface area contributed by atoms with E-state index < -0.39 is 15.8 Å². The molecule has 4 nitrogen and oxygen atoms in total. The number of hydrogen-bond donors (Lipinski definition) is 2. The molecule has 0 spiro atoms. The van der Waals surface area contributed by atoms with Crippen LogP contribution in [0.4, 0.5) is 4.39 Å². The van der Waals surface area contributed by atoms with E-state index in [9.17, 15) is 12.8 Å². The first-order valence-corrected chi connectivity index (χ1v) is 6.76. The van der Waals surface area contributed by atoms with Crippen LogP contribution in [0.5, 0.6) is 0 Å². The van der Waals surface area contributed by atoms with Crippen molar-refractivity contribution in [2.45, 2.75) is 11.8 Å². The van der Waals surface area contributed by atoms with E-state index in [2.05, 4.69) is 4.72 Å². The third-order valence-corrected chi connectivity index (χ3v) is 4.03. The Balaban J connectivity index is 2.76. The maximum atomic E-state index is 12.6. The average molecular weight is 276 g/mol. The molecule has 0 amide bonds. The van der Waals surface area contributed by atoms with E-state index in [1.807, 2.05) is 0 Å². The Morgan fingerprint density at radius 2 is 2.00 bits per heavy atom. The van der Waals surface area contributed by atoms with E-state index in [1.165, 1.54) is 12.1 Å². The number of nitrogens with two attached hydrogens (primary N) is 1. The molecule has 0 aliphatic carbocycles. The lowest BCUT2D eigenvalue weighted by Crippen LogP contribution is -2.33. The number of benzene rings is 1. The second-order valence-corrected chi connectivity index (χ2v) is 5.85. The van der Waals surface area contributed by atoms with Gasteiger partial charge in [-0.15, -0.1) is 0 Å². The Morgan fingerprint density at radius 1 is 1.47 bits per heavy atom. The zero-order valence-corrected chi connectivity index (χ0v) is 10.8. The highest BCUT2D eigenvalue weighted by atomic mass is 32.2. The normalized spacial score (nSPS) is 13.3. The number of hydrogen-bond acceptors (Lipinski definition) is 3. The summed E-state index contributed by atoms with van der Waals surface area (Å²) in [7, 11) is -3.64. The Hall–Kier alpha value is -1.05. The van der Waals surface area contributed by atoms with Crippen molar-refractivity contribution in [3.63, 3.8) is 0 Å². The summed E-state index contributed by atoms with van der Waals surface area (Å²) in [4.78, 5) is 0.251. The summed E-state index contributed by atoms with van der Waals surface area (Å²) in [6, 6.07) is 4.57. The van der Waals surface area contributed by atoms with E-state index in [4.69, 9.17) is 18.0 Å². The van der Waals surface area contributed by atoms with Crippen molar-refractivity contribution in [1.82, 2.24) is 4.72 Å². The Labute approximate surface area is 105 Å². The van der Waals surface area contributed by atoms with Gasteiger partial charge in [0.2, 0.25) is 10.0 Å². The monoisotopic (exact) mass is 276 g/mol. The fraction of sp³-hybridized carbons (Fsp3) is 0.300. The first-order valence-electron chi connectivity index (χ1n) is 4.87. The van der Waals surface area contributed by atoms with Gasteiger partial charge in [-0.2, -0.15) is 0 Å². The summed E-state index contributed by atoms with van der Waals surface area (Å²) >= 11 is 4.73. The van der Waals surface area contributed by atoms with Crippen LogP contribution in [0.15, 0.2) is 29.2 Å². The summed E-state index contributed by atoms with van der Waals surface area (Å²) in [6.07, 6.45) is 0. The standard InChI is InChI=1S/C10H13FN2O2S2/c1-7(10(12)16)6-13-17(14,15)9-4-2-8(11)3-5-9/h2-5,7,13H,6H2,1H3,(H2,12,16). The number of sulfonamides is 1. The molecular weight excluding hydrogens is 263 g/mol. The predicted octanol–water partition coefficient (Wildman–Crippen LogP) is 1.03. The molecule has 0 saturated carbocycles. The quantitative estimate of drug-likeness (QED) is 0.788. The Bertz CT molecular complexity index is 500. The zero-order valence-electron chi connectivity index (χ0n) is 9.18. The first-order chi connectivity index (χ1) is 7.83. The van der Waals surface area contributed by atoms with Gasteiger partial charge >= 0.3 is 0 Å². The van der Waals surface area contributed by atoms with E-state index in [-0.39, 0.29) is 22.3 Å². The molecule has 94 valence electrons. The summed E-state index contributed by atoms with van der Waals surface area (Å²) in [6.45, 7) is 1.84. The van der Waals surface area contributed by atoms with Gasteiger partial charge in [-0.05, 0) is 24.3 Å². The van der Waals surface area contributed by atoms with Crippen LogP contribution in [-0.2, 0) is 10.0 Å². The minimum absolute atomic E-state index is 0.00837. The summed E-state index contributed by atoms with van der Waals surface area (Å²) < 4.78 is 38.5. The molecule has 1 aromatic carbocycles. The van der Waals surface area contributed by atoms with Gasteiger partial charge in [-0.3, -0.25) is 0 Å². The van der Waals surface area contributed by atoms with Gasteiger partial charge in [-0.1, -0.05) is 19.1 Å². The maximum absolute atomic E-state index is 12.6. The molecular formula is C10H13FN2O2S2. The lowest BCUT2D eigenvalue weighted by molar-refractivity contribution is 0.574. The summed E-state index contributed by atoms with van der Waals surface area (Å²) in [5.74, 6) is -0.722. The lowest BCUT2D eigenvalue weighted by Gasteiger charge is -2.11. The molecule has 17 heavy (non-hydrogen) atoms. The minimum atomic E-state index is -3.64. The largest absolute Gasteiger partial charge is 0.393 e. The van der Waals surface area contributed by atoms with Gasteiger partial charge in [-0.25, -0.2) is 17.5 Å². The second kappa shape index (κ2) is 5.52. The molecule has 3 N–H and O–H groups in total. The molecule has 0 bridgehead atoms. The highest BCUT2D eigenvalue weighted by Crippen LogP contribution is 2.09. The number of rotatable bonds is 5. The summed E-state index contributed by atoms with van der Waals surface area (Å²) in [5.41, 5.74) is 5.37. The molecule has 7 heteroatoms. The zero-order chi connectivity index (χ0) is 13.1. The molecule has 1 aromatic rings. The topological polar surface area (TPSA) is 72.2 Å². The van der Waals surface area contributed by atoms with E-state index in [0.29, 0.717) is 0 Å². The third-order valence-electron chi connectivity index (χ3n) is 2.19. The Morgan fingerprint density at radius 3 is 2.47 bits per heavy atom. The van der Waals surface area contributed by atoms with Crippen LogP contribution in [0, 0.1) is 11.7 Å². The van der Waals surface area contributed by atoms with Crippen molar-refractivity contribution < 1.29 is 12.8 Å². The van der Waals surface area contributed by atoms with Gasteiger partial charge in [0.25, 0.3) is 0 Å². The van der Waals surface area contributed by atoms with Crippen LogP contribution in [0.1, 0.15) is 6.92 Å². The average Bonchev–Trinajstić information content (AvgIpc) is 2.26. The molecule has 0 saturated heterocycles. The van der Waals surface area contributed by atoms with E-state index in [1.54, 1.807) is 6.92 Å². The molecule has 0 aromatic heterocycles. The smallest absolute Gasteiger partial charge is 0.240 e. The minimum Gasteiger partial charge on any atom is -0.393 e. The summed E-state index contributed by atoms with van der Waals surface area (Å²) in [5, 5.41) is 0. The fourth-order valence-corrected chi connectivity index (χ4v) is 2.25. The number of halogens is 1. The third kappa shape index (κ3) is 4.03. The molecule has 0 aliphatic rings. The van der Waals surface area contributed by atoms with Crippen LogP contribution >= 0.6 is 12.2 Å². The van der Waals surface area contributed by atoms with Crippen molar-refractivity contribution in [2.24, 2.45) is 11.7 Å². The molecule has 0 aliphatic heterocycles. The van der Waals surface area contributed by atoms with Crippen molar-refractivity contribution >= 4 is 27.2 Å². The van der Waals surface area contributed by atoms with Gasteiger partial charge in [0.05, 0.1) is 9.88 Å². The van der Waals surface area contributed by atoms with Gasteiger partial charge in [0.1, 0.15) is 5.82 Å². The van der Waals surface area contributed by atoms with Gasteiger partial charge in [0.15, 0.2) is 0 Å². The van der Waals surface area contributed by atoms with Crippen LogP contribution in [0.25, 0.3) is 0 Å². The molecule has 0 fully saturated rings.